The molecule has 1 aromatic carbocycles. The lowest BCUT2D eigenvalue weighted by Gasteiger charge is -2.09. The number of rotatable bonds is 4. The number of amides is 1. The van der Waals surface area contributed by atoms with E-state index in [0.29, 0.717) is 16.0 Å². The molecule has 1 amide bonds. The molecule has 0 aliphatic heterocycles. The summed E-state index contributed by atoms with van der Waals surface area (Å²) in [5.41, 5.74) is 4.62. The maximum Gasteiger partial charge on any atom is 0.262 e. The molecule has 0 aliphatic rings. The van der Waals surface area contributed by atoms with Crippen LogP contribution in [0, 0.1) is 20.8 Å². The first-order valence-electron chi connectivity index (χ1n) is 10.1. The van der Waals surface area contributed by atoms with E-state index in [1.165, 1.54) is 28.6 Å². The highest BCUT2D eigenvalue weighted by Gasteiger charge is 2.19. The number of nitrogens with one attached hydrogen (secondary N) is 1. The van der Waals surface area contributed by atoms with Crippen LogP contribution in [0.15, 0.2) is 53.2 Å². The van der Waals surface area contributed by atoms with Crippen molar-refractivity contribution in [2.24, 2.45) is 0 Å². The molecule has 0 bridgehead atoms. The summed E-state index contributed by atoms with van der Waals surface area (Å²) < 4.78 is 3.37. The lowest BCUT2D eigenvalue weighted by Crippen LogP contribution is -2.27. The van der Waals surface area contributed by atoms with E-state index in [-0.39, 0.29) is 18.0 Å². The number of hydrogen-bond acceptors (Lipinski definition) is 6. The van der Waals surface area contributed by atoms with Gasteiger partial charge in [0.15, 0.2) is 5.65 Å². The largest absolute Gasteiger partial charge is 0.308 e. The van der Waals surface area contributed by atoms with Crippen LogP contribution in [0.1, 0.15) is 16.8 Å². The molecule has 0 fully saturated rings. The third kappa shape index (κ3) is 3.27. The lowest BCUT2D eigenvalue weighted by molar-refractivity contribution is -0.116. The van der Waals surface area contributed by atoms with Crippen molar-refractivity contribution in [2.45, 2.75) is 27.3 Å². The van der Waals surface area contributed by atoms with Crippen molar-refractivity contribution in [2.75, 3.05) is 5.32 Å². The van der Waals surface area contributed by atoms with Gasteiger partial charge < -0.3 is 5.32 Å². The zero-order chi connectivity index (χ0) is 22.4. The molecule has 0 aliphatic carbocycles. The summed E-state index contributed by atoms with van der Waals surface area (Å²) in [5.74, 6) is 0.0634. The molecular weight excluding hydrogens is 424 g/mol. The van der Waals surface area contributed by atoms with Gasteiger partial charge in [0.05, 0.1) is 17.1 Å². The first-order valence-corrected chi connectivity index (χ1v) is 10.9. The number of aromatic nitrogens is 5. The molecule has 4 heterocycles. The lowest BCUT2D eigenvalue weighted by atomic mass is 10.2. The molecule has 1 N–H and O–H groups in total. The standard InChI is InChI=1S/C23H20N6O2S/c1-13-5-4-6-16(9-13)29-15(3)14(2)19-20(24-11-25-21(19)29)27-18(30)10-28-12-26-22-17(23(28)31)7-8-32-22/h4-9,11-12H,10H2,1-3H3,(H,24,25,27,30). The fourth-order valence-corrected chi connectivity index (χ4v) is 4.63. The highest BCUT2D eigenvalue weighted by atomic mass is 32.1. The summed E-state index contributed by atoms with van der Waals surface area (Å²) in [4.78, 5) is 39.1. The number of carbonyl (C=O) groups excluding carboxylic acids is 1. The van der Waals surface area contributed by atoms with E-state index in [4.69, 9.17) is 0 Å². The van der Waals surface area contributed by atoms with Crippen molar-refractivity contribution in [1.82, 2.24) is 24.1 Å². The summed E-state index contributed by atoms with van der Waals surface area (Å²) in [6.07, 6.45) is 2.84. The topological polar surface area (TPSA) is 94.7 Å². The molecule has 0 radical (unpaired) electrons. The molecule has 9 heteroatoms. The number of aryl methyl sites for hydroxylation is 2. The van der Waals surface area contributed by atoms with Crippen LogP contribution in [0.4, 0.5) is 5.82 Å². The van der Waals surface area contributed by atoms with Crippen molar-refractivity contribution < 1.29 is 4.79 Å². The van der Waals surface area contributed by atoms with Crippen LogP contribution in [0.2, 0.25) is 0 Å². The van der Waals surface area contributed by atoms with Crippen molar-refractivity contribution in [3.8, 4) is 5.69 Å². The van der Waals surface area contributed by atoms with Crippen LogP contribution in [0.25, 0.3) is 26.9 Å². The van der Waals surface area contributed by atoms with Crippen LogP contribution >= 0.6 is 11.3 Å². The molecular formula is C23H20N6O2S. The Labute approximate surface area is 187 Å². The van der Waals surface area contributed by atoms with Gasteiger partial charge in [-0.25, -0.2) is 15.0 Å². The molecule has 4 aromatic heterocycles. The summed E-state index contributed by atoms with van der Waals surface area (Å²) in [5, 5.41) is 5.96. The van der Waals surface area contributed by atoms with Gasteiger partial charge in [0.25, 0.3) is 5.56 Å². The smallest absolute Gasteiger partial charge is 0.262 e. The van der Waals surface area contributed by atoms with Gasteiger partial charge >= 0.3 is 0 Å². The normalized spacial score (nSPS) is 11.3. The summed E-state index contributed by atoms with van der Waals surface area (Å²) in [7, 11) is 0. The zero-order valence-electron chi connectivity index (χ0n) is 17.8. The SMILES string of the molecule is Cc1cccc(-n2c(C)c(C)c3c(NC(=O)Cn4cnc5sccc5c4=O)ncnc32)c1. The van der Waals surface area contributed by atoms with Crippen molar-refractivity contribution in [1.29, 1.82) is 0 Å². The minimum Gasteiger partial charge on any atom is -0.308 e. The maximum absolute atomic E-state index is 12.8. The van der Waals surface area contributed by atoms with Gasteiger partial charge in [-0.1, -0.05) is 12.1 Å². The second-order valence-corrected chi connectivity index (χ2v) is 8.57. The Hall–Kier alpha value is -3.85. The molecule has 0 saturated carbocycles. The summed E-state index contributed by atoms with van der Waals surface area (Å²) in [6, 6.07) is 9.89. The van der Waals surface area contributed by atoms with E-state index in [9.17, 15) is 9.59 Å². The van der Waals surface area contributed by atoms with Crippen LogP contribution in [-0.4, -0.2) is 30.0 Å². The van der Waals surface area contributed by atoms with E-state index < -0.39 is 0 Å². The number of carbonyl (C=O) groups is 1. The predicted molar refractivity (Wildman–Crippen MR) is 126 cm³/mol. The van der Waals surface area contributed by atoms with Crippen molar-refractivity contribution in [3.63, 3.8) is 0 Å². The number of hydrogen-bond donors (Lipinski definition) is 1. The first-order chi connectivity index (χ1) is 15.4. The Balaban J connectivity index is 1.52. The van der Waals surface area contributed by atoms with Gasteiger partial charge in [0, 0.05) is 11.4 Å². The third-order valence-corrected chi connectivity index (χ3v) is 6.39. The highest BCUT2D eigenvalue weighted by molar-refractivity contribution is 7.16. The second-order valence-electron chi connectivity index (χ2n) is 7.67. The maximum atomic E-state index is 12.8. The second kappa shape index (κ2) is 7.69. The molecule has 0 atom stereocenters. The van der Waals surface area contributed by atoms with E-state index in [0.717, 1.165) is 33.5 Å². The molecule has 5 aromatic rings. The number of anilines is 1. The van der Waals surface area contributed by atoms with Crippen LogP contribution in [0.5, 0.6) is 0 Å². The average Bonchev–Trinajstić information content (AvgIpc) is 3.34. The van der Waals surface area contributed by atoms with Crippen LogP contribution < -0.4 is 10.9 Å². The minimum atomic E-state index is -0.358. The summed E-state index contributed by atoms with van der Waals surface area (Å²) in [6.45, 7) is 5.90. The molecule has 5 rings (SSSR count). The van der Waals surface area contributed by atoms with E-state index in [1.807, 2.05) is 44.4 Å². The Morgan fingerprint density at radius 2 is 1.97 bits per heavy atom. The minimum absolute atomic E-state index is 0.153. The molecule has 160 valence electrons. The number of nitrogens with zero attached hydrogens (tertiary/aromatic N) is 5. The molecule has 8 nitrogen and oxygen atoms in total. The van der Waals surface area contributed by atoms with Gasteiger partial charge in [-0.2, -0.15) is 0 Å². The van der Waals surface area contributed by atoms with Crippen molar-refractivity contribution in [3.05, 3.63) is 75.5 Å². The van der Waals surface area contributed by atoms with Gasteiger partial charge in [-0.15, -0.1) is 11.3 Å². The first kappa shape index (κ1) is 20.1. The fourth-order valence-electron chi connectivity index (χ4n) is 3.91. The summed E-state index contributed by atoms with van der Waals surface area (Å²) >= 11 is 1.39. The average molecular weight is 445 g/mol. The van der Waals surface area contributed by atoms with E-state index >= 15 is 0 Å². The van der Waals surface area contributed by atoms with Gasteiger partial charge in [0.2, 0.25) is 5.91 Å². The number of thiophene rings is 1. The number of benzene rings is 1. The van der Waals surface area contributed by atoms with E-state index in [1.54, 1.807) is 6.07 Å². The van der Waals surface area contributed by atoms with E-state index in [2.05, 4.69) is 30.9 Å². The monoisotopic (exact) mass is 444 g/mol. The fraction of sp³-hybridized carbons (Fsp3) is 0.174. The number of fused-ring (bicyclic) bond motifs is 2. The Kier molecular flexibility index (Phi) is 4.82. The van der Waals surface area contributed by atoms with Crippen LogP contribution in [-0.2, 0) is 11.3 Å². The quantitative estimate of drug-likeness (QED) is 0.456. The molecule has 0 spiro atoms. The van der Waals surface area contributed by atoms with Crippen molar-refractivity contribution >= 4 is 44.3 Å². The molecule has 0 unspecified atom stereocenters. The van der Waals surface area contributed by atoms with Gasteiger partial charge in [-0.3, -0.25) is 18.7 Å². The Morgan fingerprint density at radius 1 is 1.12 bits per heavy atom. The predicted octanol–water partition coefficient (Wildman–Crippen LogP) is 3.76. The van der Waals surface area contributed by atoms with Gasteiger partial charge in [-0.05, 0) is 55.5 Å². The highest BCUT2D eigenvalue weighted by Crippen LogP contribution is 2.31. The molecule has 32 heavy (non-hydrogen) atoms. The van der Waals surface area contributed by atoms with Gasteiger partial charge in [0.1, 0.15) is 23.5 Å². The zero-order valence-corrected chi connectivity index (χ0v) is 18.6. The Morgan fingerprint density at radius 3 is 2.78 bits per heavy atom. The molecule has 0 saturated heterocycles. The third-order valence-electron chi connectivity index (χ3n) is 5.57. The van der Waals surface area contributed by atoms with Crippen LogP contribution in [0.3, 0.4) is 0 Å². The Bertz CT molecular complexity index is 1560.